The van der Waals surface area contributed by atoms with E-state index in [4.69, 9.17) is 11.5 Å². The summed E-state index contributed by atoms with van der Waals surface area (Å²) in [7, 11) is 0. The average molecular weight is 290 g/mol. The van der Waals surface area contributed by atoms with Crippen molar-refractivity contribution in [3.63, 3.8) is 0 Å². The normalized spacial score (nSPS) is 12.5. The number of hydrogen-bond acceptors (Lipinski definition) is 4. The van der Waals surface area contributed by atoms with E-state index in [-0.39, 0.29) is 17.9 Å². The fraction of sp³-hybridized carbons (Fsp3) is 0.231. The van der Waals surface area contributed by atoms with Crippen molar-refractivity contribution in [3.05, 3.63) is 29.3 Å². The zero-order valence-corrected chi connectivity index (χ0v) is 11.1. The molecule has 0 bridgehead atoms. The van der Waals surface area contributed by atoms with Crippen LogP contribution in [0, 0.1) is 0 Å². The molecule has 8 nitrogen and oxygen atoms in total. The van der Waals surface area contributed by atoms with Crippen LogP contribution in [0.1, 0.15) is 15.9 Å². The molecule has 0 radical (unpaired) electrons. The fourth-order valence-corrected chi connectivity index (χ4v) is 2.11. The van der Waals surface area contributed by atoms with Crippen LogP contribution in [0.4, 0.5) is 5.69 Å². The molecule has 2 rings (SSSR count). The van der Waals surface area contributed by atoms with Crippen LogP contribution in [0.5, 0.6) is 0 Å². The molecule has 0 unspecified atom stereocenters. The topological polar surface area (TPSA) is 136 Å². The van der Waals surface area contributed by atoms with Gasteiger partial charge >= 0.3 is 0 Å². The summed E-state index contributed by atoms with van der Waals surface area (Å²) in [6, 6.07) is 4.67. The number of rotatable bonds is 5. The van der Waals surface area contributed by atoms with Crippen molar-refractivity contribution in [2.75, 3.05) is 18.4 Å². The molecular formula is C13H14N4O4. The van der Waals surface area contributed by atoms with Gasteiger partial charge in [0.1, 0.15) is 13.1 Å². The van der Waals surface area contributed by atoms with E-state index in [9.17, 15) is 19.2 Å². The van der Waals surface area contributed by atoms with Gasteiger partial charge in [-0.25, -0.2) is 0 Å². The fourth-order valence-electron chi connectivity index (χ4n) is 2.11. The zero-order valence-electron chi connectivity index (χ0n) is 11.1. The number of anilines is 1. The van der Waals surface area contributed by atoms with Crippen LogP contribution in [-0.4, -0.2) is 41.6 Å². The molecule has 1 heterocycles. The van der Waals surface area contributed by atoms with E-state index in [0.717, 1.165) is 10.5 Å². The van der Waals surface area contributed by atoms with Gasteiger partial charge in [0.05, 0.1) is 6.42 Å². The maximum atomic E-state index is 12.3. The maximum absolute atomic E-state index is 12.3. The van der Waals surface area contributed by atoms with Crippen LogP contribution in [0.2, 0.25) is 0 Å². The molecule has 1 aromatic rings. The summed E-state index contributed by atoms with van der Waals surface area (Å²) in [5.74, 6) is -2.21. The first-order valence-corrected chi connectivity index (χ1v) is 6.15. The first-order valence-electron chi connectivity index (χ1n) is 6.15. The van der Waals surface area contributed by atoms with Gasteiger partial charge in [0, 0.05) is 11.3 Å². The zero-order chi connectivity index (χ0) is 15.6. The van der Waals surface area contributed by atoms with Gasteiger partial charge in [0.25, 0.3) is 5.91 Å². The molecule has 0 saturated heterocycles. The number of carbonyl (C=O) groups is 4. The molecule has 0 spiro atoms. The highest BCUT2D eigenvalue weighted by atomic mass is 16.2. The van der Waals surface area contributed by atoms with Crippen molar-refractivity contribution >= 4 is 29.3 Å². The van der Waals surface area contributed by atoms with Crippen LogP contribution < -0.4 is 16.8 Å². The number of fused-ring (bicyclic) bond motifs is 1. The predicted molar refractivity (Wildman–Crippen MR) is 73.1 cm³/mol. The SMILES string of the molecule is NC(=O)CN(CC(N)=O)C(=O)c1ccc2c(c1)NC(=O)C2. The number of primary amides is 2. The first kappa shape index (κ1) is 14.5. The third kappa shape index (κ3) is 3.35. The van der Waals surface area contributed by atoms with E-state index in [2.05, 4.69) is 5.32 Å². The van der Waals surface area contributed by atoms with Crippen molar-refractivity contribution in [3.8, 4) is 0 Å². The summed E-state index contributed by atoms with van der Waals surface area (Å²) in [4.78, 5) is 46.5. The smallest absolute Gasteiger partial charge is 0.254 e. The van der Waals surface area contributed by atoms with Gasteiger partial charge in [0.15, 0.2) is 0 Å². The summed E-state index contributed by atoms with van der Waals surface area (Å²) in [6.45, 7) is -0.823. The minimum atomic E-state index is -0.751. The average Bonchev–Trinajstić information content (AvgIpc) is 2.74. The second-order valence-electron chi connectivity index (χ2n) is 4.69. The highest BCUT2D eigenvalue weighted by Gasteiger charge is 2.23. The van der Waals surface area contributed by atoms with Crippen molar-refractivity contribution in [1.29, 1.82) is 0 Å². The lowest BCUT2D eigenvalue weighted by Crippen LogP contribution is -2.43. The summed E-state index contributed by atoms with van der Waals surface area (Å²) in [5, 5.41) is 2.62. The molecule has 5 N–H and O–H groups in total. The molecule has 0 aliphatic carbocycles. The Hall–Kier alpha value is -2.90. The molecule has 0 fully saturated rings. The highest BCUT2D eigenvalue weighted by Crippen LogP contribution is 2.24. The lowest BCUT2D eigenvalue weighted by Gasteiger charge is -2.19. The molecule has 0 saturated carbocycles. The summed E-state index contributed by atoms with van der Waals surface area (Å²) in [5.41, 5.74) is 11.7. The predicted octanol–water partition coefficient (Wildman–Crippen LogP) is -1.41. The van der Waals surface area contributed by atoms with Crippen molar-refractivity contribution in [2.24, 2.45) is 11.5 Å². The van der Waals surface area contributed by atoms with E-state index < -0.39 is 30.8 Å². The van der Waals surface area contributed by atoms with Crippen LogP contribution in [0.15, 0.2) is 18.2 Å². The molecule has 21 heavy (non-hydrogen) atoms. The third-order valence-corrected chi connectivity index (χ3v) is 2.96. The van der Waals surface area contributed by atoms with Crippen LogP contribution >= 0.6 is 0 Å². The number of nitrogens with one attached hydrogen (secondary N) is 1. The van der Waals surface area contributed by atoms with E-state index in [0.29, 0.717) is 5.69 Å². The molecule has 4 amide bonds. The second-order valence-corrected chi connectivity index (χ2v) is 4.69. The number of carbonyl (C=O) groups excluding carboxylic acids is 4. The third-order valence-electron chi connectivity index (χ3n) is 2.96. The van der Waals surface area contributed by atoms with Crippen molar-refractivity contribution in [2.45, 2.75) is 6.42 Å². The van der Waals surface area contributed by atoms with Crippen LogP contribution in [0.25, 0.3) is 0 Å². The molecule has 1 aromatic carbocycles. The van der Waals surface area contributed by atoms with E-state index >= 15 is 0 Å². The van der Waals surface area contributed by atoms with Gasteiger partial charge < -0.3 is 21.7 Å². The quantitative estimate of drug-likeness (QED) is 0.614. The molecular weight excluding hydrogens is 276 g/mol. The Labute approximate surface area is 120 Å². The molecule has 0 aromatic heterocycles. The Bertz CT molecular complexity index is 625. The van der Waals surface area contributed by atoms with Crippen molar-refractivity contribution in [1.82, 2.24) is 4.90 Å². The second kappa shape index (κ2) is 5.61. The summed E-state index contributed by atoms with van der Waals surface area (Å²) in [6.07, 6.45) is 0.260. The minimum absolute atomic E-state index is 0.152. The molecule has 1 aliphatic rings. The summed E-state index contributed by atoms with van der Waals surface area (Å²) < 4.78 is 0. The molecule has 110 valence electrons. The maximum Gasteiger partial charge on any atom is 0.254 e. The largest absolute Gasteiger partial charge is 0.368 e. The van der Waals surface area contributed by atoms with Gasteiger partial charge in [-0.3, -0.25) is 19.2 Å². The van der Waals surface area contributed by atoms with Crippen LogP contribution in [0.3, 0.4) is 0 Å². The first-order chi connectivity index (χ1) is 9.86. The van der Waals surface area contributed by atoms with Gasteiger partial charge in [-0.1, -0.05) is 6.07 Å². The van der Waals surface area contributed by atoms with Gasteiger partial charge in [-0.2, -0.15) is 0 Å². The van der Waals surface area contributed by atoms with E-state index in [1.54, 1.807) is 6.07 Å². The molecule has 1 aliphatic heterocycles. The standard InChI is InChI=1S/C13H14N4O4/c14-10(18)5-17(6-11(15)19)13(21)8-2-1-7-4-12(20)16-9(7)3-8/h1-3H,4-6H2,(H2,14,18)(H2,15,19)(H,16,20). The van der Waals surface area contributed by atoms with E-state index in [1.165, 1.54) is 12.1 Å². The number of nitrogens with two attached hydrogens (primary N) is 2. The van der Waals surface area contributed by atoms with Gasteiger partial charge in [0.2, 0.25) is 17.7 Å². The van der Waals surface area contributed by atoms with Crippen LogP contribution in [-0.2, 0) is 20.8 Å². The van der Waals surface area contributed by atoms with Gasteiger partial charge in [-0.05, 0) is 17.7 Å². The Morgan fingerprint density at radius 3 is 2.33 bits per heavy atom. The molecule has 0 atom stereocenters. The Morgan fingerprint density at radius 2 is 1.76 bits per heavy atom. The van der Waals surface area contributed by atoms with Gasteiger partial charge in [-0.15, -0.1) is 0 Å². The lowest BCUT2D eigenvalue weighted by atomic mass is 10.1. The Balaban J connectivity index is 2.24. The Morgan fingerprint density at radius 1 is 1.14 bits per heavy atom. The van der Waals surface area contributed by atoms with E-state index in [1.807, 2.05) is 0 Å². The van der Waals surface area contributed by atoms with Crippen molar-refractivity contribution < 1.29 is 19.2 Å². The summed E-state index contributed by atoms with van der Waals surface area (Å²) >= 11 is 0. The number of nitrogens with zero attached hydrogens (tertiary/aromatic N) is 1. The molecule has 8 heteroatoms. The Kier molecular flexibility index (Phi) is 3.88. The highest BCUT2D eigenvalue weighted by molar-refractivity contribution is 6.03. The number of amides is 4. The lowest BCUT2D eigenvalue weighted by molar-refractivity contribution is -0.121. The minimum Gasteiger partial charge on any atom is -0.368 e. The number of hydrogen-bond donors (Lipinski definition) is 3. The monoisotopic (exact) mass is 290 g/mol. The number of benzene rings is 1.